The first-order valence-corrected chi connectivity index (χ1v) is 8.05. The van der Waals surface area contributed by atoms with Crippen molar-refractivity contribution in [1.82, 2.24) is 4.90 Å². The Morgan fingerprint density at radius 1 is 1.12 bits per heavy atom. The molecule has 0 spiro atoms. The number of methoxy groups -OCH3 is 1. The van der Waals surface area contributed by atoms with Crippen LogP contribution in [0, 0.1) is 13.8 Å². The first kappa shape index (κ1) is 18.1. The molecule has 2 rings (SSSR count). The van der Waals surface area contributed by atoms with Gasteiger partial charge in [0.1, 0.15) is 11.5 Å². The lowest BCUT2D eigenvalue weighted by Gasteiger charge is -2.19. The van der Waals surface area contributed by atoms with E-state index in [0.717, 1.165) is 22.4 Å². The molecule has 1 amide bonds. The number of carbonyl (C=O) groups excluding carboxylic acids is 1. The van der Waals surface area contributed by atoms with Crippen molar-refractivity contribution in [2.45, 2.75) is 20.4 Å². The molecule has 0 radical (unpaired) electrons. The summed E-state index contributed by atoms with van der Waals surface area (Å²) in [6.07, 6.45) is 0. The van der Waals surface area contributed by atoms with Gasteiger partial charge in [0.25, 0.3) is 5.91 Å². The number of carbonyl (C=O) groups is 1. The lowest BCUT2D eigenvalue weighted by molar-refractivity contribution is -0.132. The molecule has 0 atom stereocenters. The molecule has 4 nitrogen and oxygen atoms in total. The van der Waals surface area contributed by atoms with E-state index in [1.54, 1.807) is 37.3 Å². The molecule has 5 heteroatoms. The van der Waals surface area contributed by atoms with Gasteiger partial charge in [-0.25, -0.2) is 0 Å². The molecule has 0 heterocycles. The summed E-state index contributed by atoms with van der Waals surface area (Å²) in [6.45, 7) is 4.34. The Morgan fingerprint density at radius 3 is 2.58 bits per heavy atom. The topological polar surface area (TPSA) is 38.8 Å². The van der Waals surface area contributed by atoms with Crippen molar-refractivity contribution in [3.8, 4) is 11.5 Å². The van der Waals surface area contributed by atoms with E-state index in [-0.39, 0.29) is 12.5 Å². The maximum absolute atomic E-state index is 12.3. The monoisotopic (exact) mass is 347 g/mol. The molecule has 0 saturated heterocycles. The smallest absolute Gasteiger partial charge is 0.260 e. The molecule has 0 saturated carbocycles. The fraction of sp³-hybridized carbons (Fsp3) is 0.316. The standard InChI is InChI=1S/C19H22ClNO3/c1-13-5-6-14(2)18(9-13)24-12-19(22)21(3)11-15-10-16(20)7-8-17(15)23-4/h5-10H,11-12H2,1-4H3. The van der Waals surface area contributed by atoms with Gasteiger partial charge < -0.3 is 14.4 Å². The molecule has 128 valence electrons. The highest BCUT2D eigenvalue weighted by molar-refractivity contribution is 6.30. The zero-order valence-corrected chi connectivity index (χ0v) is 15.2. The number of aryl methyl sites for hydroxylation is 2. The number of nitrogens with zero attached hydrogens (tertiary/aromatic N) is 1. The van der Waals surface area contributed by atoms with Crippen molar-refractivity contribution in [2.24, 2.45) is 0 Å². The van der Waals surface area contributed by atoms with Crippen molar-refractivity contribution >= 4 is 17.5 Å². The summed E-state index contributed by atoms with van der Waals surface area (Å²) < 4.78 is 11.0. The lowest BCUT2D eigenvalue weighted by atomic mass is 10.1. The number of amides is 1. The Bertz CT molecular complexity index is 731. The quantitative estimate of drug-likeness (QED) is 0.792. The van der Waals surface area contributed by atoms with Crippen LogP contribution in [0.25, 0.3) is 0 Å². The van der Waals surface area contributed by atoms with Crippen LogP contribution in [0.2, 0.25) is 5.02 Å². The number of halogens is 1. The van der Waals surface area contributed by atoms with E-state index in [0.29, 0.717) is 17.3 Å². The first-order valence-electron chi connectivity index (χ1n) is 7.67. The third-order valence-corrected chi connectivity index (χ3v) is 4.01. The number of benzene rings is 2. The van der Waals surface area contributed by atoms with Gasteiger partial charge in [0.15, 0.2) is 6.61 Å². The minimum atomic E-state index is -0.113. The average molecular weight is 348 g/mol. The third kappa shape index (κ3) is 4.65. The molecular formula is C19H22ClNO3. The highest BCUT2D eigenvalue weighted by atomic mass is 35.5. The van der Waals surface area contributed by atoms with Crippen LogP contribution in [-0.2, 0) is 11.3 Å². The molecule has 0 unspecified atom stereocenters. The Hall–Kier alpha value is -2.20. The predicted octanol–water partition coefficient (Wildman–Crippen LogP) is 4.00. The number of hydrogen-bond donors (Lipinski definition) is 0. The molecule has 0 aliphatic rings. The van der Waals surface area contributed by atoms with Crippen LogP contribution in [-0.4, -0.2) is 31.6 Å². The SMILES string of the molecule is COc1ccc(Cl)cc1CN(C)C(=O)COc1cc(C)ccc1C. The fourth-order valence-electron chi connectivity index (χ4n) is 2.33. The molecule has 0 aliphatic carbocycles. The van der Waals surface area contributed by atoms with E-state index >= 15 is 0 Å². The van der Waals surface area contributed by atoms with Crippen LogP contribution in [0.4, 0.5) is 0 Å². The Kier molecular flexibility index (Phi) is 6.10. The second kappa shape index (κ2) is 8.06. The minimum absolute atomic E-state index is 0.0102. The molecule has 0 fully saturated rings. The molecule has 2 aromatic rings. The van der Waals surface area contributed by atoms with Crippen molar-refractivity contribution in [3.05, 3.63) is 58.1 Å². The first-order chi connectivity index (χ1) is 11.4. The van der Waals surface area contributed by atoms with E-state index < -0.39 is 0 Å². The van der Waals surface area contributed by atoms with Gasteiger partial charge in [0, 0.05) is 24.2 Å². The fourth-order valence-corrected chi connectivity index (χ4v) is 2.52. The van der Waals surface area contributed by atoms with Crippen molar-refractivity contribution in [2.75, 3.05) is 20.8 Å². The van der Waals surface area contributed by atoms with Gasteiger partial charge in [-0.3, -0.25) is 4.79 Å². The van der Waals surface area contributed by atoms with Crippen LogP contribution >= 0.6 is 11.6 Å². The van der Waals surface area contributed by atoms with Gasteiger partial charge in [0.2, 0.25) is 0 Å². The average Bonchev–Trinajstić information content (AvgIpc) is 2.55. The third-order valence-electron chi connectivity index (χ3n) is 3.77. The normalized spacial score (nSPS) is 10.4. The summed E-state index contributed by atoms with van der Waals surface area (Å²) in [4.78, 5) is 13.9. The van der Waals surface area contributed by atoms with Crippen LogP contribution in [0.1, 0.15) is 16.7 Å². The minimum Gasteiger partial charge on any atom is -0.496 e. The molecule has 0 aliphatic heterocycles. The highest BCUT2D eigenvalue weighted by Gasteiger charge is 2.14. The summed E-state index contributed by atoms with van der Waals surface area (Å²) in [5.41, 5.74) is 2.96. The van der Waals surface area contributed by atoms with E-state index in [9.17, 15) is 4.79 Å². The maximum atomic E-state index is 12.3. The second-order valence-corrected chi connectivity index (χ2v) is 6.20. The zero-order chi connectivity index (χ0) is 17.7. The molecule has 24 heavy (non-hydrogen) atoms. The van der Waals surface area contributed by atoms with Gasteiger partial charge in [-0.2, -0.15) is 0 Å². The van der Waals surface area contributed by atoms with E-state index in [2.05, 4.69) is 0 Å². The van der Waals surface area contributed by atoms with Gasteiger partial charge in [-0.15, -0.1) is 0 Å². The van der Waals surface area contributed by atoms with E-state index in [1.807, 2.05) is 32.0 Å². The van der Waals surface area contributed by atoms with Crippen LogP contribution in [0.15, 0.2) is 36.4 Å². The van der Waals surface area contributed by atoms with E-state index in [4.69, 9.17) is 21.1 Å². The largest absolute Gasteiger partial charge is 0.496 e. The summed E-state index contributed by atoms with van der Waals surface area (Å²) in [5, 5.41) is 0.610. The number of likely N-dealkylation sites (N-methyl/N-ethyl adjacent to an activating group) is 1. The van der Waals surface area contributed by atoms with Gasteiger partial charge in [-0.1, -0.05) is 23.7 Å². The molecule has 2 aromatic carbocycles. The lowest BCUT2D eigenvalue weighted by Crippen LogP contribution is -2.31. The summed E-state index contributed by atoms with van der Waals surface area (Å²) >= 11 is 6.03. The van der Waals surface area contributed by atoms with Crippen molar-refractivity contribution in [1.29, 1.82) is 0 Å². The van der Waals surface area contributed by atoms with Gasteiger partial charge >= 0.3 is 0 Å². The molecule has 0 N–H and O–H groups in total. The molecule has 0 bridgehead atoms. The molecule has 0 aromatic heterocycles. The van der Waals surface area contributed by atoms with E-state index in [1.165, 1.54) is 0 Å². The number of rotatable bonds is 6. The summed E-state index contributed by atoms with van der Waals surface area (Å²) in [6, 6.07) is 11.3. The highest BCUT2D eigenvalue weighted by Crippen LogP contribution is 2.24. The van der Waals surface area contributed by atoms with Crippen LogP contribution in [0.5, 0.6) is 11.5 Å². The van der Waals surface area contributed by atoms with Crippen molar-refractivity contribution in [3.63, 3.8) is 0 Å². The van der Waals surface area contributed by atoms with Crippen molar-refractivity contribution < 1.29 is 14.3 Å². The maximum Gasteiger partial charge on any atom is 0.260 e. The second-order valence-electron chi connectivity index (χ2n) is 5.76. The Labute approximate surface area is 147 Å². The Morgan fingerprint density at radius 2 is 1.88 bits per heavy atom. The van der Waals surface area contributed by atoms with Crippen LogP contribution < -0.4 is 9.47 Å². The van der Waals surface area contributed by atoms with Crippen LogP contribution in [0.3, 0.4) is 0 Å². The predicted molar refractivity (Wildman–Crippen MR) is 95.9 cm³/mol. The summed E-state index contributed by atoms with van der Waals surface area (Å²) in [5.74, 6) is 1.32. The number of ether oxygens (including phenoxy) is 2. The van der Waals surface area contributed by atoms with Gasteiger partial charge in [0.05, 0.1) is 7.11 Å². The Balaban J connectivity index is 2.00. The molecular weight excluding hydrogens is 326 g/mol. The zero-order valence-electron chi connectivity index (χ0n) is 14.4. The summed E-state index contributed by atoms with van der Waals surface area (Å²) in [7, 11) is 3.33. The van der Waals surface area contributed by atoms with Gasteiger partial charge in [-0.05, 0) is 49.2 Å². The number of hydrogen-bond acceptors (Lipinski definition) is 3.